The van der Waals surface area contributed by atoms with Gasteiger partial charge in [-0.15, -0.1) is 0 Å². The van der Waals surface area contributed by atoms with Crippen LogP contribution in [0, 0.1) is 17.2 Å². The largest absolute Gasteiger partial charge is 0.302 e. The van der Waals surface area contributed by atoms with E-state index in [1.807, 2.05) is 12.1 Å². The highest BCUT2D eigenvalue weighted by molar-refractivity contribution is 6.33. The number of aromatic nitrogens is 2. The van der Waals surface area contributed by atoms with Crippen LogP contribution >= 0.6 is 11.6 Å². The van der Waals surface area contributed by atoms with Gasteiger partial charge in [-0.2, -0.15) is 10.2 Å². The van der Waals surface area contributed by atoms with Crippen LogP contribution in [0.3, 0.4) is 0 Å². The number of hydrogen-bond donors (Lipinski definition) is 0. The van der Waals surface area contributed by atoms with Gasteiger partial charge in [-0.25, -0.2) is 4.39 Å². The van der Waals surface area contributed by atoms with Crippen LogP contribution in [0.25, 0.3) is 11.3 Å². The SMILES string of the molecule is Fc1ccc(Cl)c(-c2ccc(CCC3CC34CCN(CC(c3ccccc3)c3ccccc3)CC4)nn2)c1. The fourth-order valence-electron chi connectivity index (χ4n) is 6.32. The van der Waals surface area contributed by atoms with E-state index in [1.54, 1.807) is 6.07 Å². The second-order valence-corrected chi connectivity index (χ2v) is 11.4. The first-order chi connectivity index (χ1) is 18.6. The van der Waals surface area contributed by atoms with Crippen molar-refractivity contribution in [3.8, 4) is 11.3 Å². The standard InChI is InChI=1S/C33H33ClFN3/c34-31-15-12-27(35)21-29(31)32-16-14-28(36-37-32)13-11-26-22-33(26)17-19-38(20-18-33)23-30(24-7-3-1-4-8-24)25-9-5-2-6-10-25/h1-10,12,14-16,21,26,30H,11,13,17-20,22-23H2. The van der Waals surface area contributed by atoms with Gasteiger partial charge in [0, 0.05) is 18.0 Å². The number of hydrogen-bond acceptors (Lipinski definition) is 3. The Labute approximate surface area is 229 Å². The minimum atomic E-state index is -0.323. The third kappa shape index (κ3) is 5.52. The van der Waals surface area contributed by atoms with Crippen molar-refractivity contribution in [3.05, 3.63) is 119 Å². The normalized spacial score (nSPS) is 18.7. The average molecular weight is 526 g/mol. The van der Waals surface area contributed by atoms with E-state index < -0.39 is 0 Å². The van der Waals surface area contributed by atoms with E-state index in [9.17, 15) is 4.39 Å². The molecule has 1 saturated heterocycles. The van der Waals surface area contributed by atoms with Crippen molar-refractivity contribution in [2.75, 3.05) is 19.6 Å². The highest BCUT2D eigenvalue weighted by atomic mass is 35.5. The second-order valence-electron chi connectivity index (χ2n) is 11.0. The molecular weight excluding hydrogens is 493 g/mol. The van der Waals surface area contributed by atoms with E-state index in [1.165, 1.54) is 55.6 Å². The Morgan fingerprint density at radius 1 is 0.868 bits per heavy atom. The first kappa shape index (κ1) is 25.2. The van der Waals surface area contributed by atoms with Crippen LogP contribution in [-0.2, 0) is 6.42 Å². The summed E-state index contributed by atoms with van der Waals surface area (Å²) in [4.78, 5) is 2.67. The number of nitrogens with zero attached hydrogens (tertiary/aromatic N) is 3. The van der Waals surface area contributed by atoms with Crippen molar-refractivity contribution in [1.82, 2.24) is 15.1 Å². The highest BCUT2D eigenvalue weighted by Crippen LogP contribution is 2.61. The van der Waals surface area contributed by atoms with Gasteiger partial charge < -0.3 is 4.90 Å². The van der Waals surface area contributed by atoms with Crippen LogP contribution < -0.4 is 0 Å². The maximum Gasteiger partial charge on any atom is 0.123 e. The Bertz CT molecular complexity index is 1310. The van der Waals surface area contributed by atoms with Crippen molar-refractivity contribution in [3.63, 3.8) is 0 Å². The molecule has 2 heterocycles. The molecule has 3 aromatic carbocycles. The lowest BCUT2D eigenvalue weighted by Crippen LogP contribution is -2.38. The summed E-state index contributed by atoms with van der Waals surface area (Å²) in [5.41, 5.74) is 5.51. The summed E-state index contributed by atoms with van der Waals surface area (Å²) < 4.78 is 13.6. The number of halogens is 2. The molecule has 1 atom stereocenters. The number of benzene rings is 3. The number of likely N-dealkylation sites (tertiary alicyclic amines) is 1. The Balaban J connectivity index is 1.02. The van der Waals surface area contributed by atoms with Crippen molar-refractivity contribution in [2.45, 2.75) is 38.0 Å². The molecule has 1 spiro atoms. The van der Waals surface area contributed by atoms with Crippen molar-refractivity contribution in [1.29, 1.82) is 0 Å². The predicted octanol–water partition coefficient (Wildman–Crippen LogP) is 7.80. The van der Waals surface area contributed by atoms with Crippen LogP contribution in [0.2, 0.25) is 5.02 Å². The second kappa shape index (κ2) is 11.0. The monoisotopic (exact) mass is 525 g/mol. The molecule has 1 aromatic heterocycles. The fraction of sp³-hybridized carbons (Fsp3) is 0.333. The molecule has 4 aromatic rings. The minimum Gasteiger partial charge on any atom is -0.302 e. The van der Waals surface area contributed by atoms with Crippen LogP contribution in [-0.4, -0.2) is 34.7 Å². The van der Waals surface area contributed by atoms with E-state index in [0.717, 1.165) is 31.0 Å². The zero-order valence-corrected chi connectivity index (χ0v) is 22.3. The van der Waals surface area contributed by atoms with Gasteiger partial charge in [0.2, 0.25) is 0 Å². The van der Waals surface area contributed by atoms with Gasteiger partial charge in [-0.3, -0.25) is 0 Å². The van der Waals surface area contributed by atoms with Gasteiger partial charge in [0.05, 0.1) is 16.4 Å². The highest BCUT2D eigenvalue weighted by Gasteiger charge is 2.53. The minimum absolute atomic E-state index is 0.323. The van der Waals surface area contributed by atoms with E-state index in [0.29, 0.717) is 27.6 Å². The van der Waals surface area contributed by atoms with Gasteiger partial charge in [0.25, 0.3) is 0 Å². The summed E-state index contributed by atoms with van der Waals surface area (Å²) in [5, 5.41) is 9.24. The van der Waals surface area contributed by atoms with Gasteiger partial charge in [-0.1, -0.05) is 72.3 Å². The molecule has 194 valence electrons. The third-order valence-corrected chi connectivity index (χ3v) is 9.06. The van der Waals surface area contributed by atoms with Gasteiger partial charge >= 0.3 is 0 Å². The summed E-state index contributed by atoms with van der Waals surface area (Å²) in [6.45, 7) is 3.43. The molecule has 1 aliphatic heterocycles. The molecule has 2 aliphatic rings. The number of aryl methyl sites for hydroxylation is 1. The van der Waals surface area contributed by atoms with Gasteiger partial charge in [-0.05, 0) is 98.0 Å². The lowest BCUT2D eigenvalue weighted by molar-refractivity contribution is 0.158. The van der Waals surface area contributed by atoms with Crippen LogP contribution in [0.5, 0.6) is 0 Å². The molecule has 6 rings (SSSR count). The van der Waals surface area contributed by atoms with Crippen molar-refractivity contribution in [2.24, 2.45) is 11.3 Å². The van der Waals surface area contributed by atoms with Crippen LogP contribution in [0.4, 0.5) is 4.39 Å². The summed E-state index contributed by atoms with van der Waals surface area (Å²) in [7, 11) is 0. The molecule has 2 fully saturated rings. The zero-order valence-electron chi connectivity index (χ0n) is 21.6. The molecule has 0 bridgehead atoms. The average Bonchev–Trinajstić information content (AvgIpc) is 3.65. The lowest BCUT2D eigenvalue weighted by atomic mass is 9.87. The first-order valence-corrected chi connectivity index (χ1v) is 14.1. The Kier molecular flexibility index (Phi) is 7.27. The van der Waals surface area contributed by atoms with Crippen molar-refractivity contribution >= 4 is 11.6 Å². The van der Waals surface area contributed by atoms with Gasteiger partial charge in [0.15, 0.2) is 0 Å². The zero-order chi connectivity index (χ0) is 26.0. The summed E-state index contributed by atoms with van der Waals surface area (Å²) in [6.07, 6.45) is 6.01. The summed E-state index contributed by atoms with van der Waals surface area (Å²) >= 11 is 6.23. The molecule has 1 aliphatic carbocycles. The number of piperidine rings is 1. The Morgan fingerprint density at radius 2 is 1.55 bits per heavy atom. The quantitative estimate of drug-likeness (QED) is 0.235. The predicted molar refractivity (Wildman–Crippen MR) is 152 cm³/mol. The van der Waals surface area contributed by atoms with Crippen LogP contribution in [0.15, 0.2) is 91.0 Å². The fourth-order valence-corrected chi connectivity index (χ4v) is 6.53. The molecular formula is C33H33ClFN3. The molecule has 5 heteroatoms. The molecule has 0 amide bonds. The Morgan fingerprint density at radius 3 is 2.18 bits per heavy atom. The smallest absolute Gasteiger partial charge is 0.123 e. The molecule has 1 saturated carbocycles. The molecule has 0 radical (unpaired) electrons. The maximum atomic E-state index is 13.6. The lowest BCUT2D eigenvalue weighted by Gasteiger charge is -2.35. The van der Waals surface area contributed by atoms with E-state index >= 15 is 0 Å². The topological polar surface area (TPSA) is 29.0 Å². The molecule has 0 N–H and O–H groups in total. The van der Waals surface area contributed by atoms with E-state index in [4.69, 9.17) is 11.6 Å². The molecule has 3 nitrogen and oxygen atoms in total. The Hall–Kier alpha value is -3.08. The first-order valence-electron chi connectivity index (χ1n) is 13.7. The summed E-state index contributed by atoms with van der Waals surface area (Å²) in [6, 6.07) is 30.1. The van der Waals surface area contributed by atoms with Gasteiger partial charge in [0.1, 0.15) is 5.82 Å². The molecule has 1 unspecified atom stereocenters. The third-order valence-electron chi connectivity index (χ3n) is 8.73. The van der Waals surface area contributed by atoms with Crippen molar-refractivity contribution < 1.29 is 4.39 Å². The van der Waals surface area contributed by atoms with Crippen LogP contribution in [0.1, 0.15) is 48.4 Å². The number of rotatable bonds is 8. The van der Waals surface area contributed by atoms with E-state index in [-0.39, 0.29) is 5.82 Å². The van der Waals surface area contributed by atoms with E-state index in [2.05, 4.69) is 75.8 Å². The maximum absolute atomic E-state index is 13.6. The molecule has 38 heavy (non-hydrogen) atoms. The summed E-state index contributed by atoms with van der Waals surface area (Å²) in [5.74, 6) is 0.865.